The summed E-state index contributed by atoms with van der Waals surface area (Å²) >= 11 is 0. The first-order valence-electron chi connectivity index (χ1n) is 9.90. The number of benzene rings is 1. The van der Waals surface area contributed by atoms with Gasteiger partial charge in [0.25, 0.3) is 5.91 Å². The van der Waals surface area contributed by atoms with Gasteiger partial charge in [0.15, 0.2) is 6.29 Å². The van der Waals surface area contributed by atoms with Gasteiger partial charge in [0.2, 0.25) is 0 Å². The van der Waals surface area contributed by atoms with E-state index in [-0.39, 0.29) is 18.2 Å². The van der Waals surface area contributed by atoms with Gasteiger partial charge in [0, 0.05) is 32.7 Å². The van der Waals surface area contributed by atoms with Crippen molar-refractivity contribution in [1.82, 2.24) is 20.4 Å². The van der Waals surface area contributed by atoms with Crippen LogP contribution in [0.4, 0.5) is 0 Å². The minimum absolute atomic E-state index is 0.0489. The maximum Gasteiger partial charge on any atom is 0.269 e. The molecule has 0 aliphatic carbocycles. The lowest BCUT2D eigenvalue weighted by Gasteiger charge is -2.18. The van der Waals surface area contributed by atoms with Crippen LogP contribution in [0.1, 0.15) is 55.0 Å². The van der Waals surface area contributed by atoms with Gasteiger partial charge in [-0.05, 0) is 39.4 Å². The molecule has 0 aliphatic rings. The molecule has 7 nitrogen and oxygen atoms in total. The summed E-state index contributed by atoms with van der Waals surface area (Å²) in [6.45, 7) is 8.12. The number of rotatable bonds is 12. The fourth-order valence-corrected chi connectivity index (χ4v) is 3.03. The normalized spacial score (nSPS) is 12.3. The minimum Gasteiger partial charge on any atom is -0.353 e. The molecule has 0 radical (unpaired) electrons. The Morgan fingerprint density at radius 3 is 2.46 bits per heavy atom. The lowest BCUT2D eigenvalue weighted by molar-refractivity contribution is -0.138. The van der Waals surface area contributed by atoms with Crippen molar-refractivity contribution in [3.05, 3.63) is 53.3 Å². The Labute approximate surface area is 167 Å². The molecular weight excluding hydrogens is 356 g/mol. The molecule has 1 amide bonds. The van der Waals surface area contributed by atoms with Gasteiger partial charge in [-0.3, -0.25) is 9.48 Å². The highest BCUT2D eigenvalue weighted by atomic mass is 16.7. The monoisotopic (exact) mass is 388 g/mol. The maximum atomic E-state index is 12.8. The van der Waals surface area contributed by atoms with Crippen LogP contribution in [0.25, 0.3) is 0 Å². The molecule has 1 atom stereocenters. The molecule has 7 heteroatoms. The minimum atomic E-state index is -0.302. The van der Waals surface area contributed by atoms with Crippen molar-refractivity contribution in [2.45, 2.75) is 46.1 Å². The second-order valence-electron chi connectivity index (χ2n) is 6.47. The van der Waals surface area contributed by atoms with Crippen molar-refractivity contribution in [3.63, 3.8) is 0 Å². The molecule has 0 aliphatic heterocycles. The number of amides is 1. The van der Waals surface area contributed by atoms with Crippen LogP contribution in [0, 0.1) is 0 Å². The van der Waals surface area contributed by atoms with Gasteiger partial charge < -0.3 is 20.1 Å². The third-order valence-electron chi connectivity index (χ3n) is 4.40. The van der Waals surface area contributed by atoms with Crippen LogP contribution in [0.15, 0.2) is 36.4 Å². The van der Waals surface area contributed by atoms with Gasteiger partial charge in [-0.15, -0.1) is 0 Å². The summed E-state index contributed by atoms with van der Waals surface area (Å²) in [4.78, 5) is 12.8. The third kappa shape index (κ3) is 6.15. The van der Waals surface area contributed by atoms with Crippen LogP contribution in [0.5, 0.6) is 0 Å². The molecule has 1 unspecified atom stereocenters. The van der Waals surface area contributed by atoms with Crippen LogP contribution in [0.3, 0.4) is 0 Å². The van der Waals surface area contributed by atoms with Crippen molar-refractivity contribution in [3.8, 4) is 0 Å². The highest BCUT2D eigenvalue weighted by Crippen LogP contribution is 2.20. The zero-order chi connectivity index (χ0) is 20.4. The first-order chi connectivity index (χ1) is 13.6. The van der Waals surface area contributed by atoms with Gasteiger partial charge >= 0.3 is 0 Å². The average molecular weight is 389 g/mol. The highest BCUT2D eigenvalue weighted by molar-refractivity contribution is 5.92. The zero-order valence-corrected chi connectivity index (χ0v) is 17.3. The molecule has 1 heterocycles. The van der Waals surface area contributed by atoms with Crippen LogP contribution >= 0.6 is 0 Å². The molecule has 2 rings (SSSR count). The topological polar surface area (TPSA) is 77.4 Å². The second kappa shape index (κ2) is 11.6. The first kappa shape index (κ1) is 22.1. The first-order valence-corrected chi connectivity index (χ1v) is 9.90. The molecule has 2 aromatic rings. The van der Waals surface area contributed by atoms with E-state index in [4.69, 9.17) is 9.47 Å². The van der Waals surface area contributed by atoms with E-state index in [1.165, 1.54) is 0 Å². The van der Waals surface area contributed by atoms with Gasteiger partial charge in [0.05, 0.1) is 11.7 Å². The Kier molecular flexibility index (Phi) is 9.13. The van der Waals surface area contributed by atoms with E-state index in [9.17, 15) is 4.79 Å². The third-order valence-corrected chi connectivity index (χ3v) is 4.40. The number of nitrogens with one attached hydrogen (secondary N) is 2. The number of carbonyl (C=O) groups excluding carboxylic acids is 1. The maximum absolute atomic E-state index is 12.8. The fraction of sp³-hybridized carbons (Fsp3) is 0.524. The highest BCUT2D eigenvalue weighted by Gasteiger charge is 2.20. The molecule has 0 fully saturated rings. The zero-order valence-electron chi connectivity index (χ0n) is 17.3. The van der Waals surface area contributed by atoms with Crippen LogP contribution in [-0.2, 0) is 16.0 Å². The van der Waals surface area contributed by atoms with E-state index >= 15 is 0 Å². The quantitative estimate of drug-likeness (QED) is 0.547. The standard InChI is InChI=1S/C21H32N4O3/c1-5-27-20(28-6-2)12-13-23-21(26)19-14-18(15-22-4)24-25(19)16(3)17-10-8-7-9-11-17/h7-11,14,16,20,22H,5-6,12-13,15H2,1-4H3,(H,23,26). The van der Waals surface area contributed by atoms with Crippen molar-refractivity contribution < 1.29 is 14.3 Å². The predicted molar refractivity (Wildman–Crippen MR) is 109 cm³/mol. The van der Waals surface area contributed by atoms with Crippen molar-refractivity contribution in [1.29, 1.82) is 0 Å². The van der Waals surface area contributed by atoms with E-state index in [1.54, 1.807) is 4.68 Å². The lowest BCUT2D eigenvalue weighted by atomic mass is 10.1. The lowest BCUT2D eigenvalue weighted by Crippen LogP contribution is -2.31. The number of aromatic nitrogens is 2. The van der Waals surface area contributed by atoms with Crippen molar-refractivity contribution >= 4 is 5.91 Å². The molecular formula is C21H32N4O3. The Bertz CT molecular complexity index is 712. The summed E-state index contributed by atoms with van der Waals surface area (Å²) in [5.41, 5.74) is 2.48. The summed E-state index contributed by atoms with van der Waals surface area (Å²) in [5.74, 6) is -0.149. The average Bonchev–Trinajstić information content (AvgIpc) is 3.12. The van der Waals surface area contributed by atoms with Crippen LogP contribution in [-0.4, -0.2) is 48.8 Å². The van der Waals surface area contributed by atoms with E-state index in [0.29, 0.717) is 38.4 Å². The predicted octanol–water partition coefficient (Wildman–Crippen LogP) is 2.73. The largest absolute Gasteiger partial charge is 0.353 e. The Morgan fingerprint density at radius 1 is 1.18 bits per heavy atom. The molecule has 1 aromatic heterocycles. The van der Waals surface area contributed by atoms with Gasteiger partial charge in [-0.2, -0.15) is 5.10 Å². The number of nitrogens with zero attached hydrogens (tertiary/aromatic N) is 2. The van der Waals surface area contributed by atoms with Gasteiger partial charge in [-0.1, -0.05) is 30.3 Å². The van der Waals surface area contributed by atoms with E-state index < -0.39 is 0 Å². The SMILES string of the molecule is CCOC(CCNC(=O)c1cc(CNC)nn1C(C)c1ccccc1)OCC. The smallest absolute Gasteiger partial charge is 0.269 e. The number of carbonyl (C=O) groups is 1. The summed E-state index contributed by atoms with van der Waals surface area (Å²) < 4.78 is 12.8. The number of ether oxygens (including phenoxy) is 2. The molecule has 2 N–H and O–H groups in total. The summed E-state index contributed by atoms with van der Waals surface area (Å²) in [6, 6.07) is 11.8. The van der Waals surface area contributed by atoms with E-state index in [1.807, 2.05) is 64.2 Å². The summed E-state index contributed by atoms with van der Waals surface area (Å²) in [6.07, 6.45) is 0.294. The van der Waals surface area contributed by atoms with Crippen molar-refractivity contribution in [2.75, 3.05) is 26.8 Å². The molecule has 0 bridgehead atoms. The van der Waals surface area contributed by atoms with E-state index in [2.05, 4.69) is 15.7 Å². The van der Waals surface area contributed by atoms with Gasteiger partial charge in [-0.25, -0.2) is 0 Å². The molecule has 0 saturated heterocycles. The Morgan fingerprint density at radius 2 is 1.86 bits per heavy atom. The number of hydrogen-bond acceptors (Lipinski definition) is 5. The van der Waals surface area contributed by atoms with Crippen LogP contribution < -0.4 is 10.6 Å². The van der Waals surface area contributed by atoms with Gasteiger partial charge in [0.1, 0.15) is 5.69 Å². The Hall–Kier alpha value is -2.22. The summed E-state index contributed by atoms with van der Waals surface area (Å²) in [7, 11) is 1.86. The summed E-state index contributed by atoms with van der Waals surface area (Å²) in [5, 5.41) is 10.7. The fourth-order valence-electron chi connectivity index (χ4n) is 3.03. The number of hydrogen-bond donors (Lipinski definition) is 2. The van der Waals surface area contributed by atoms with Crippen molar-refractivity contribution in [2.24, 2.45) is 0 Å². The molecule has 0 saturated carbocycles. The van der Waals surface area contributed by atoms with E-state index in [0.717, 1.165) is 11.3 Å². The second-order valence-corrected chi connectivity index (χ2v) is 6.47. The van der Waals surface area contributed by atoms with Crippen LogP contribution in [0.2, 0.25) is 0 Å². The Balaban J connectivity index is 2.11. The molecule has 28 heavy (non-hydrogen) atoms. The molecule has 154 valence electrons. The molecule has 0 spiro atoms. The molecule has 1 aromatic carbocycles.